The molecule has 2 rings (SSSR count). The highest BCUT2D eigenvalue weighted by Crippen LogP contribution is 2.21. The van der Waals surface area contributed by atoms with Crippen molar-refractivity contribution < 1.29 is 14.4 Å². The Balaban J connectivity index is 1.89. The standard InChI is InChI=1S/C17H25NO3/c1-2-20-17(19)18(21-16-11-7-4-8-12-16)14-13-15-9-5-3-6-10-15/h3,5-6,9-10,16H,2,4,7-8,11-14H2,1H3. The lowest BCUT2D eigenvalue weighted by Gasteiger charge is -2.28. The van der Waals surface area contributed by atoms with Gasteiger partial charge >= 0.3 is 6.09 Å². The van der Waals surface area contributed by atoms with Gasteiger partial charge in [0.05, 0.1) is 19.3 Å². The monoisotopic (exact) mass is 291 g/mol. The highest BCUT2D eigenvalue weighted by Gasteiger charge is 2.22. The number of carbonyl (C=O) groups is 1. The predicted molar refractivity (Wildman–Crippen MR) is 81.8 cm³/mol. The van der Waals surface area contributed by atoms with Gasteiger partial charge in [-0.15, -0.1) is 0 Å². The number of rotatable bonds is 6. The van der Waals surface area contributed by atoms with Gasteiger partial charge in [0.25, 0.3) is 0 Å². The fraction of sp³-hybridized carbons (Fsp3) is 0.588. The Kier molecular flexibility index (Phi) is 6.54. The Morgan fingerprint density at radius 3 is 2.57 bits per heavy atom. The van der Waals surface area contributed by atoms with Crippen molar-refractivity contribution in [2.45, 2.75) is 51.6 Å². The van der Waals surface area contributed by atoms with Crippen LogP contribution in [0.25, 0.3) is 0 Å². The zero-order valence-corrected chi connectivity index (χ0v) is 12.8. The van der Waals surface area contributed by atoms with E-state index in [0.717, 1.165) is 19.3 Å². The maximum atomic E-state index is 12.0. The van der Waals surface area contributed by atoms with Crippen LogP contribution >= 0.6 is 0 Å². The van der Waals surface area contributed by atoms with Gasteiger partial charge in [-0.1, -0.05) is 49.6 Å². The van der Waals surface area contributed by atoms with E-state index in [-0.39, 0.29) is 12.2 Å². The van der Waals surface area contributed by atoms with E-state index in [1.807, 2.05) is 25.1 Å². The number of carbonyl (C=O) groups excluding carboxylic acids is 1. The number of ether oxygens (including phenoxy) is 1. The predicted octanol–water partition coefficient (Wildman–Crippen LogP) is 3.95. The van der Waals surface area contributed by atoms with Gasteiger partial charge in [-0.2, -0.15) is 5.06 Å². The van der Waals surface area contributed by atoms with E-state index in [0.29, 0.717) is 13.2 Å². The average molecular weight is 291 g/mol. The Labute approximate surface area is 127 Å². The number of hydrogen-bond acceptors (Lipinski definition) is 3. The first kappa shape index (κ1) is 15.8. The minimum Gasteiger partial charge on any atom is -0.448 e. The van der Waals surface area contributed by atoms with E-state index < -0.39 is 0 Å². The smallest absolute Gasteiger partial charge is 0.433 e. The Morgan fingerprint density at radius 1 is 1.19 bits per heavy atom. The number of benzene rings is 1. The van der Waals surface area contributed by atoms with Gasteiger partial charge in [0.15, 0.2) is 0 Å². The molecule has 1 aliphatic carbocycles. The van der Waals surface area contributed by atoms with Crippen molar-refractivity contribution in [2.24, 2.45) is 0 Å². The molecule has 1 fully saturated rings. The van der Waals surface area contributed by atoms with Gasteiger partial charge < -0.3 is 4.74 Å². The zero-order chi connectivity index (χ0) is 14.9. The molecule has 1 aromatic rings. The first-order chi connectivity index (χ1) is 10.3. The molecule has 116 valence electrons. The molecule has 4 heteroatoms. The van der Waals surface area contributed by atoms with E-state index in [2.05, 4.69) is 12.1 Å². The number of nitrogens with zero attached hydrogens (tertiary/aromatic N) is 1. The summed E-state index contributed by atoms with van der Waals surface area (Å²) in [7, 11) is 0. The van der Waals surface area contributed by atoms with Gasteiger partial charge in [0, 0.05) is 0 Å². The van der Waals surface area contributed by atoms with Crippen molar-refractivity contribution in [3.63, 3.8) is 0 Å². The summed E-state index contributed by atoms with van der Waals surface area (Å²) in [5.41, 5.74) is 1.19. The molecular weight excluding hydrogens is 266 g/mol. The molecule has 0 saturated heterocycles. The van der Waals surface area contributed by atoms with Crippen LogP contribution in [-0.4, -0.2) is 30.4 Å². The van der Waals surface area contributed by atoms with E-state index in [1.165, 1.54) is 29.9 Å². The highest BCUT2D eigenvalue weighted by atomic mass is 16.7. The summed E-state index contributed by atoms with van der Waals surface area (Å²) in [6.07, 6.45) is 6.23. The summed E-state index contributed by atoms with van der Waals surface area (Å²) < 4.78 is 5.10. The van der Waals surface area contributed by atoms with Crippen molar-refractivity contribution in [1.82, 2.24) is 5.06 Å². The molecule has 0 aromatic heterocycles. The van der Waals surface area contributed by atoms with E-state index >= 15 is 0 Å². The third kappa shape index (κ3) is 5.38. The molecule has 0 radical (unpaired) electrons. The SMILES string of the molecule is CCOC(=O)N(CCc1ccccc1)OC1CCCCC1. The van der Waals surface area contributed by atoms with Gasteiger partial charge in [-0.25, -0.2) is 4.79 Å². The van der Waals surface area contributed by atoms with Crippen LogP contribution in [0, 0.1) is 0 Å². The fourth-order valence-corrected chi connectivity index (χ4v) is 2.61. The van der Waals surface area contributed by atoms with Crippen LogP contribution in [0.4, 0.5) is 4.79 Å². The van der Waals surface area contributed by atoms with Gasteiger partial charge in [0.2, 0.25) is 0 Å². The Morgan fingerprint density at radius 2 is 1.90 bits per heavy atom. The first-order valence-corrected chi connectivity index (χ1v) is 7.94. The first-order valence-electron chi connectivity index (χ1n) is 7.94. The summed E-state index contributed by atoms with van der Waals surface area (Å²) >= 11 is 0. The van der Waals surface area contributed by atoms with E-state index in [1.54, 1.807) is 0 Å². The molecule has 1 saturated carbocycles. The quantitative estimate of drug-likeness (QED) is 0.745. The number of amides is 1. The fourth-order valence-electron chi connectivity index (χ4n) is 2.61. The van der Waals surface area contributed by atoms with Crippen LogP contribution in [0.1, 0.15) is 44.6 Å². The van der Waals surface area contributed by atoms with Crippen molar-refractivity contribution in [3.05, 3.63) is 35.9 Å². The Hall–Kier alpha value is -1.55. The summed E-state index contributed by atoms with van der Waals surface area (Å²) in [6, 6.07) is 10.1. The molecule has 1 amide bonds. The third-order valence-corrected chi connectivity index (χ3v) is 3.75. The summed E-state index contributed by atoms with van der Waals surface area (Å²) in [4.78, 5) is 17.9. The third-order valence-electron chi connectivity index (χ3n) is 3.75. The number of hydrogen-bond donors (Lipinski definition) is 0. The highest BCUT2D eigenvalue weighted by molar-refractivity contribution is 5.66. The second kappa shape index (κ2) is 8.67. The summed E-state index contributed by atoms with van der Waals surface area (Å²) in [5.74, 6) is 0. The molecule has 0 N–H and O–H groups in total. The van der Waals surface area contributed by atoms with Crippen LogP contribution in [0.3, 0.4) is 0 Å². The van der Waals surface area contributed by atoms with Crippen molar-refractivity contribution in [2.75, 3.05) is 13.2 Å². The molecule has 0 aliphatic heterocycles. The van der Waals surface area contributed by atoms with Crippen molar-refractivity contribution in [1.29, 1.82) is 0 Å². The van der Waals surface area contributed by atoms with Gasteiger partial charge in [-0.3, -0.25) is 4.84 Å². The lowest BCUT2D eigenvalue weighted by Crippen LogP contribution is -2.38. The largest absolute Gasteiger partial charge is 0.448 e. The maximum absolute atomic E-state index is 12.0. The molecule has 0 bridgehead atoms. The lowest BCUT2D eigenvalue weighted by molar-refractivity contribution is -0.181. The molecule has 0 heterocycles. The molecule has 0 atom stereocenters. The maximum Gasteiger partial charge on any atom is 0.433 e. The van der Waals surface area contributed by atoms with Crippen LogP contribution in [0.2, 0.25) is 0 Å². The normalized spacial score (nSPS) is 15.7. The molecule has 1 aromatic carbocycles. The van der Waals surface area contributed by atoms with Crippen molar-refractivity contribution >= 4 is 6.09 Å². The van der Waals surface area contributed by atoms with Gasteiger partial charge in [-0.05, 0) is 31.7 Å². The van der Waals surface area contributed by atoms with E-state index in [9.17, 15) is 4.79 Å². The minimum absolute atomic E-state index is 0.152. The Bertz CT molecular complexity index is 415. The lowest BCUT2D eigenvalue weighted by atomic mass is 9.98. The number of hydroxylamine groups is 2. The van der Waals surface area contributed by atoms with Crippen LogP contribution in [0.5, 0.6) is 0 Å². The van der Waals surface area contributed by atoms with Gasteiger partial charge in [0.1, 0.15) is 0 Å². The summed E-state index contributed by atoms with van der Waals surface area (Å²) in [5, 5.41) is 1.41. The second-order valence-electron chi connectivity index (χ2n) is 5.40. The molecule has 4 nitrogen and oxygen atoms in total. The average Bonchev–Trinajstić information content (AvgIpc) is 2.53. The molecule has 0 unspecified atom stereocenters. The van der Waals surface area contributed by atoms with Crippen LogP contribution in [0.15, 0.2) is 30.3 Å². The van der Waals surface area contributed by atoms with E-state index in [4.69, 9.17) is 9.57 Å². The second-order valence-corrected chi connectivity index (χ2v) is 5.40. The van der Waals surface area contributed by atoms with Crippen LogP contribution in [-0.2, 0) is 16.0 Å². The minimum atomic E-state index is -0.376. The molecule has 0 spiro atoms. The molecule has 21 heavy (non-hydrogen) atoms. The summed E-state index contributed by atoms with van der Waals surface area (Å²) in [6.45, 7) is 2.71. The topological polar surface area (TPSA) is 38.8 Å². The molecular formula is C17H25NO3. The zero-order valence-electron chi connectivity index (χ0n) is 12.8. The van der Waals surface area contributed by atoms with Crippen molar-refractivity contribution in [3.8, 4) is 0 Å². The molecule has 1 aliphatic rings. The van der Waals surface area contributed by atoms with Crippen LogP contribution < -0.4 is 0 Å².